The largest absolute Gasteiger partial charge is 0.344 e. The Morgan fingerprint density at radius 2 is 2.00 bits per heavy atom. The molecule has 1 saturated carbocycles. The van der Waals surface area contributed by atoms with Crippen molar-refractivity contribution in [1.29, 1.82) is 0 Å². The van der Waals surface area contributed by atoms with Gasteiger partial charge < -0.3 is 10.3 Å². The molecule has 19 heavy (non-hydrogen) atoms. The van der Waals surface area contributed by atoms with Crippen LogP contribution in [0.3, 0.4) is 0 Å². The van der Waals surface area contributed by atoms with Crippen molar-refractivity contribution >= 4 is 5.95 Å². The van der Waals surface area contributed by atoms with Gasteiger partial charge in [-0.3, -0.25) is 0 Å². The van der Waals surface area contributed by atoms with Gasteiger partial charge in [0.25, 0.3) is 0 Å². The lowest BCUT2D eigenvalue weighted by atomic mass is 10.2. The summed E-state index contributed by atoms with van der Waals surface area (Å²) in [6.45, 7) is 5.86. The molecule has 3 rings (SSSR count). The average molecular weight is 258 g/mol. The van der Waals surface area contributed by atoms with Crippen LogP contribution < -0.4 is 5.32 Å². The number of aromatic amines is 1. The molecular weight excluding hydrogens is 240 g/mol. The normalized spacial score (nSPS) is 16.4. The van der Waals surface area contributed by atoms with Crippen LogP contribution >= 0.6 is 0 Å². The Labute approximate surface area is 112 Å². The Kier molecular flexibility index (Phi) is 2.93. The molecular formula is C13H18N6. The van der Waals surface area contributed by atoms with E-state index in [9.17, 15) is 0 Å². The van der Waals surface area contributed by atoms with Gasteiger partial charge in [0.1, 0.15) is 5.82 Å². The second-order valence-corrected chi connectivity index (χ2v) is 5.22. The molecule has 0 aromatic carbocycles. The monoisotopic (exact) mass is 258 g/mol. The first-order chi connectivity index (χ1) is 9.13. The van der Waals surface area contributed by atoms with E-state index < -0.39 is 0 Å². The first-order valence-electron chi connectivity index (χ1n) is 6.59. The van der Waals surface area contributed by atoms with E-state index in [2.05, 4.69) is 30.5 Å². The van der Waals surface area contributed by atoms with Crippen LogP contribution in [-0.2, 0) is 0 Å². The number of aryl methyl sites for hydroxylation is 3. The third kappa shape index (κ3) is 2.57. The maximum Gasteiger partial charge on any atom is 0.243 e. The number of imidazole rings is 1. The Morgan fingerprint density at radius 1 is 1.21 bits per heavy atom. The molecule has 0 radical (unpaired) electrons. The predicted molar refractivity (Wildman–Crippen MR) is 71.7 cm³/mol. The number of aromatic nitrogens is 5. The lowest BCUT2D eigenvalue weighted by molar-refractivity contribution is 0.631. The molecule has 6 heteroatoms. The minimum absolute atomic E-state index is 0.151. The smallest absolute Gasteiger partial charge is 0.243 e. The van der Waals surface area contributed by atoms with Crippen molar-refractivity contribution in [2.45, 2.75) is 39.7 Å². The lowest BCUT2D eigenvalue weighted by Gasteiger charge is -2.16. The fraction of sp³-hybridized carbons (Fsp3) is 0.538. The van der Waals surface area contributed by atoms with Gasteiger partial charge in [-0.05, 0) is 39.5 Å². The van der Waals surface area contributed by atoms with Gasteiger partial charge >= 0.3 is 0 Å². The minimum Gasteiger partial charge on any atom is -0.344 e. The number of rotatable bonds is 4. The first kappa shape index (κ1) is 12.1. The van der Waals surface area contributed by atoms with Crippen LogP contribution in [0.15, 0.2) is 6.20 Å². The van der Waals surface area contributed by atoms with Gasteiger partial charge in [-0.15, -0.1) is 5.10 Å². The number of hydrogen-bond acceptors (Lipinski definition) is 5. The second kappa shape index (κ2) is 4.60. The Bertz CT molecular complexity index is 587. The van der Waals surface area contributed by atoms with Crippen molar-refractivity contribution in [3.8, 4) is 0 Å². The van der Waals surface area contributed by atoms with E-state index in [1.165, 1.54) is 12.8 Å². The molecule has 0 amide bonds. The third-order valence-electron chi connectivity index (χ3n) is 3.49. The standard InChI is InChI=1S/C13H18N6/c1-7-6-14-12(15-7)11(10-4-5-10)17-13-16-8(2)9(3)18-19-13/h6,10-11H,4-5H2,1-3H3,(H,14,15)(H,16,17,19). The van der Waals surface area contributed by atoms with Gasteiger partial charge in [-0.25, -0.2) is 9.97 Å². The summed E-state index contributed by atoms with van der Waals surface area (Å²) < 4.78 is 0. The summed E-state index contributed by atoms with van der Waals surface area (Å²) in [5.74, 6) is 2.15. The van der Waals surface area contributed by atoms with Crippen LogP contribution in [0.25, 0.3) is 0 Å². The van der Waals surface area contributed by atoms with Crippen LogP contribution in [0.1, 0.15) is 41.8 Å². The summed E-state index contributed by atoms with van der Waals surface area (Å²) in [5, 5.41) is 11.6. The summed E-state index contributed by atoms with van der Waals surface area (Å²) in [5.41, 5.74) is 2.84. The van der Waals surface area contributed by atoms with Gasteiger partial charge in [0.2, 0.25) is 5.95 Å². The number of hydrogen-bond donors (Lipinski definition) is 2. The van der Waals surface area contributed by atoms with E-state index >= 15 is 0 Å². The highest BCUT2D eigenvalue weighted by atomic mass is 15.3. The van der Waals surface area contributed by atoms with Crippen LogP contribution in [0.5, 0.6) is 0 Å². The molecule has 2 aromatic rings. The summed E-state index contributed by atoms with van der Waals surface area (Å²) in [6.07, 6.45) is 4.29. The summed E-state index contributed by atoms with van der Waals surface area (Å²) in [7, 11) is 0. The van der Waals surface area contributed by atoms with Crippen molar-refractivity contribution in [3.63, 3.8) is 0 Å². The number of anilines is 1. The topological polar surface area (TPSA) is 79.4 Å². The SMILES string of the molecule is Cc1cnc(C(Nc2nnc(C)c(C)n2)C2CC2)[nH]1. The van der Waals surface area contributed by atoms with Crippen molar-refractivity contribution in [2.24, 2.45) is 5.92 Å². The summed E-state index contributed by atoms with van der Waals surface area (Å²) in [4.78, 5) is 12.1. The molecule has 1 aliphatic carbocycles. The van der Waals surface area contributed by atoms with Gasteiger partial charge in [-0.1, -0.05) is 0 Å². The molecule has 1 atom stereocenters. The molecule has 2 N–H and O–H groups in total. The van der Waals surface area contributed by atoms with Gasteiger partial charge in [-0.2, -0.15) is 5.10 Å². The average Bonchev–Trinajstić information content (AvgIpc) is 3.13. The van der Waals surface area contributed by atoms with Gasteiger partial charge in [0, 0.05) is 11.9 Å². The zero-order valence-corrected chi connectivity index (χ0v) is 11.4. The van der Waals surface area contributed by atoms with Crippen molar-refractivity contribution in [3.05, 3.63) is 29.1 Å². The predicted octanol–water partition coefficient (Wildman–Crippen LogP) is 2.08. The van der Waals surface area contributed by atoms with Crippen molar-refractivity contribution in [1.82, 2.24) is 25.1 Å². The molecule has 2 aromatic heterocycles. The molecule has 6 nitrogen and oxygen atoms in total. The molecule has 0 aliphatic heterocycles. The van der Waals surface area contributed by atoms with Crippen LogP contribution in [0.4, 0.5) is 5.95 Å². The molecule has 2 heterocycles. The zero-order valence-electron chi connectivity index (χ0n) is 11.4. The highest BCUT2D eigenvalue weighted by molar-refractivity contribution is 5.29. The van der Waals surface area contributed by atoms with Crippen LogP contribution in [-0.4, -0.2) is 25.1 Å². The van der Waals surface area contributed by atoms with Crippen molar-refractivity contribution in [2.75, 3.05) is 5.32 Å². The quantitative estimate of drug-likeness (QED) is 0.877. The molecule has 100 valence electrons. The summed E-state index contributed by atoms with van der Waals surface area (Å²) in [6, 6.07) is 0.151. The number of nitrogens with one attached hydrogen (secondary N) is 2. The van der Waals surface area contributed by atoms with E-state index in [1.807, 2.05) is 27.0 Å². The second-order valence-electron chi connectivity index (χ2n) is 5.22. The highest BCUT2D eigenvalue weighted by Crippen LogP contribution is 2.41. The van der Waals surface area contributed by atoms with Crippen LogP contribution in [0, 0.1) is 26.7 Å². The fourth-order valence-electron chi connectivity index (χ4n) is 2.09. The van der Waals surface area contributed by atoms with E-state index in [0.717, 1.165) is 22.9 Å². The highest BCUT2D eigenvalue weighted by Gasteiger charge is 2.34. The molecule has 1 aliphatic rings. The van der Waals surface area contributed by atoms with E-state index in [4.69, 9.17) is 0 Å². The number of H-pyrrole nitrogens is 1. The molecule has 1 unspecified atom stereocenters. The molecule has 0 spiro atoms. The fourth-order valence-corrected chi connectivity index (χ4v) is 2.09. The number of nitrogens with zero attached hydrogens (tertiary/aromatic N) is 4. The molecule has 1 fully saturated rings. The Balaban J connectivity index is 1.83. The Morgan fingerprint density at radius 3 is 2.58 bits per heavy atom. The molecule has 0 bridgehead atoms. The minimum atomic E-state index is 0.151. The maximum atomic E-state index is 4.43. The third-order valence-corrected chi connectivity index (χ3v) is 3.49. The summed E-state index contributed by atoms with van der Waals surface area (Å²) >= 11 is 0. The lowest BCUT2D eigenvalue weighted by Crippen LogP contribution is -2.17. The zero-order chi connectivity index (χ0) is 13.4. The molecule has 0 saturated heterocycles. The van der Waals surface area contributed by atoms with Gasteiger partial charge in [0.15, 0.2) is 0 Å². The van der Waals surface area contributed by atoms with Crippen molar-refractivity contribution < 1.29 is 0 Å². The van der Waals surface area contributed by atoms with Crippen LogP contribution in [0.2, 0.25) is 0 Å². The Hall–Kier alpha value is -1.98. The van der Waals surface area contributed by atoms with E-state index in [0.29, 0.717) is 11.9 Å². The van der Waals surface area contributed by atoms with Gasteiger partial charge in [0.05, 0.1) is 17.4 Å². The van der Waals surface area contributed by atoms with E-state index in [1.54, 1.807) is 0 Å². The maximum absolute atomic E-state index is 4.43. The first-order valence-corrected chi connectivity index (χ1v) is 6.59. The van der Waals surface area contributed by atoms with E-state index in [-0.39, 0.29) is 6.04 Å².